The summed E-state index contributed by atoms with van der Waals surface area (Å²) in [5.74, 6) is -0.166. The van der Waals surface area contributed by atoms with Crippen molar-refractivity contribution in [1.29, 1.82) is 0 Å². The van der Waals surface area contributed by atoms with E-state index in [2.05, 4.69) is 16.0 Å². The van der Waals surface area contributed by atoms with E-state index in [1.165, 1.54) is 0 Å². The molecule has 0 heterocycles. The lowest BCUT2D eigenvalue weighted by Crippen LogP contribution is -2.22. The number of nitrogens with one attached hydrogen (secondary N) is 3. The second-order valence-electron chi connectivity index (χ2n) is 6.10. The van der Waals surface area contributed by atoms with Crippen LogP contribution in [0.25, 0.3) is 0 Å². The monoisotopic (exact) mass is 339 g/mol. The lowest BCUT2D eigenvalue weighted by molar-refractivity contribution is -0.116. The van der Waals surface area contributed by atoms with E-state index in [1.54, 1.807) is 24.3 Å². The van der Waals surface area contributed by atoms with E-state index in [4.69, 9.17) is 0 Å². The summed E-state index contributed by atoms with van der Waals surface area (Å²) >= 11 is 0. The van der Waals surface area contributed by atoms with Gasteiger partial charge in [-0.1, -0.05) is 25.1 Å². The van der Waals surface area contributed by atoms with Crippen LogP contribution >= 0.6 is 0 Å². The van der Waals surface area contributed by atoms with Crippen LogP contribution in [0.5, 0.6) is 0 Å². The highest BCUT2D eigenvalue weighted by molar-refractivity contribution is 5.95. The molecule has 2 rings (SSSR count). The number of hydrogen-bond acceptors (Lipinski definition) is 3. The minimum absolute atomic E-state index is 0.0254. The number of benzene rings is 2. The summed E-state index contributed by atoms with van der Waals surface area (Å²) in [6, 6.07) is 13.2. The number of rotatable bonds is 7. The van der Waals surface area contributed by atoms with Gasteiger partial charge in [-0.3, -0.25) is 9.59 Å². The molecule has 132 valence electrons. The second-order valence-corrected chi connectivity index (χ2v) is 6.10. The Labute approximate surface area is 148 Å². The van der Waals surface area contributed by atoms with Gasteiger partial charge >= 0.3 is 0 Å². The van der Waals surface area contributed by atoms with Crippen molar-refractivity contribution < 1.29 is 9.59 Å². The molecule has 0 saturated carbocycles. The summed E-state index contributed by atoms with van der Waals surface area (Å²) < 4.78 is 0. The van der Waals surface area contributed by atoms with Gasteiger partial charge in [-0.05, 0) is 55.7 Å². The first-order valence-electron chi connectivity index (χ1n) is 8.49. The van der Waals surface area contributed by atoms with Gasteiger partial charge in [0.1, 0.15) is 0 Å². The minimum Gasteiger partial charge on any atom is -0.376 e. The third-order valence-electron chi connectivity index (χ3n) is 3.74. The van der Waals surface area contributed by atoms with Gasteiger partial charge in [0, 0.05) is 23.5 Å². The van der Waals surface area contributed by atoms with Crippen LogP contribution in [0.3, 0.4) is 0 Å². The highest BCUT2D eigenvalue weighted by Gasteiger charge is 2.06. The van der Waals surface area contributed by atoms with Crippen molar-refractivity contribution in [3.8, 4) is 0 Å². The lowest BCUT2D eigenvalue weighted by Gasteiger charge is -2.12. The Morgan fingerprint density at radius 2 is 1.60 bits per heavy atom. The molecule has 0 aliphatic heterocycles. The smallest absolute Gasteiger partial charge is 0.243 e. The number of carbonyl (C=O) groups excluding carboxylic acids is 2. The number of anilines is 3. The molecule has 2 aromatic carbocycles. The van der Waals surface area contributed by atoms with Crippen LogP contribution < -0.4 is 16.0 Å². The first-order valence-corrected chi connectivity index (χ1v) is 8.49. The number of hydrogen-bond donors (Lipinski definition) is 3. The maximum Gasteiger partial charge on any atom is 0.243 e. The molecule has 0 spiro atoms. The molecule has 0 atom stereocenters. The molecule has 0 saturated heterocycles. The molecule has 0 radical (unpaired) electrons. The summed E-state index contributed by atoms with van der Waals surface area (Å²) in [6.07, 6.45) is 1.28. The van der Waals surface area contributed by atoms with Gasteiger partial charge in [-0.25, -0.2) is 0 Å². The van der Waals surface area contributed by atoms with Crippen LogP contribution in [0, 0.1) is 13.8 Å². The Kier molecular flexibility index (Phi) is 6.57. The maximum atomic E-state index is 12.2. The molecule has 0 aliphatic carbocycles. The number of aryl methyl sites for hydroxylation is 2. The van der Waals surface area contributed by atoms with Gasteiger partial charge in [-0.15, -0.1) is 0 Å². The molecule has 0 unspecified atom stereocenters. The normalized spacial score (nSPS) is 10.2. The summed E-state index contributed by atoms with van der Waals surface area (Å²) in [5.41, 5.74) is 4.53. The summed E-state index contributed by atoms with van der Waals surface area (Å²) in [5, 5.41) is 8.82. The fourth-order valence-electron chi connectivity index (χ4n) is 2.43. The first kappa shape index (κ1) is 18.5. The number of amides is 2. The summed E-state index contributed by atoms with van der Waals surface area (Å²) in [4.78, 5) is 23.8. The zero-order valence-electron chi connectivity index (χ0n) is 15.0. The third kappa shape index (κ3) is 5.95. The van der Waals surface area contributed by atoms with Crippen molar-refractivity contribution >= 4 is 28.9 Å². The Morgan fingerprint density at radius 3 is 2.28 bits per heavy atom. The molecule has 0 aromatic heterocycles. The molecule has 5 heteroatoms. The topological polar surface area (TPSA) is 70.2 Å². The van der Waals surface area contributed by atoms with Crippen LogP contribution in [0.1, 0.15) is 30.9 Å². The molecule has 5 nitrogen and oxygen atoms in total. The van der Waals surface area contributed by atoms with Crippen molar-refractivity contribution in [3.63, 3.8) is 0 Å². The van der Waals surface area contributed by atoms with Gasteiger partial charge in [0.2, 0.25) is 11.8 Å². The molecule has 25 heavy (non-hydrogen) atoms. The standard InChI is InChI=1S/C20H25N3O2/c1-4-6-19(24)22-16-7-5-8-17(12-16)23-20(25)13-21-18-11-14(2)9-10-15(18)3/h5,7-12,21H,4,6,13H2,1-3H3,(H,22,24)(H,23,25). The van der Waals surface area contributed by atoms with Crippen LogP contribution in [0.2, 0.25) is 0 Å². The quantitative estimate of drug-likeness (QED) is 0.711. The fourth-order valence-corrected chi connectivity index (χ4v) is 2.43. The zero-order chi connectivity index (χ0) is 18.2. The van der Waals surface area contributed by atoms with E-state index in [0.29, 0.717) is 17.8 Å². The van der Waals surface area contributed by atoms with E-state index in [-0.39, 0.29) is 18.4 Å². The average Bonchev–Trinajstić information content (AvgIpc) is 2.56. The molecule has 0 bridgehead atoms. The molecule has 2 aromatic rings. The van der Waals surface area contributed by atoms with E-state index in [1.807, 2.05) is 39.0 Å². The van der Waals surface area contributed by atoms with E-state index < -0.39 is 0 Å². The SMILES string of the molecule is CCCC(=O)Nc1cccc(NC(=O)CNc2cc(C)ccc2C)c1. The van der Waals surface area contributed by atoms with Gasteiger partial charge in [0.25, 0.3) is 0 Å². The average molecular weight is 339 g/mol. The van der Waals surface area contributed by atoms with Gasteiger partial charge in [0.15, 0.2) is 0 Å². The van der Waals surface area contributed by atoms with Crippen molar-refractivity contribution in [2.24, 2.45) is 0 Å². The van der Waals surface area contributed by atoms with Crippen molar-refractivity contribution in [2.75, 3.05) is 22.5 Å². The lowest BCUT2D eigenvalue weighted by atomic mass is 10.1. The molecular formula is C20H25N3O2. The predicted molar refractivity (Wildman–Crippen MR) is 103 cm³/mol. The van der Waals surface area contributed by atoms with Crippen LogP contribution in [-0.4, -0.2) is 18.4 Å². The van der Waals surface area contributed by atoms with Gasteiger partial charge < -0.3 is 16.0 Å². The second kappa shape index (κ2) is 8.87. The highest BCUT2D eigenvalue weighted by atomic mass is 16.2. The van der Waals surface area contributed by atoms with Crippen LogP contribution in [0.4, 0.5) is 17.1 Å². The maximum absolute atomic E-state index is 12.2. The fraction of sp³-hybridized carbons (Fsp3) is 0.300. The Morgan fingerprint density at radius 1 is 0.920 bits per heavy atom. The summed E-state index contributed by atoms with van der Waals surface area (Å²) in [6.45, 7) is 6.15. The van der Waals surface area contributed by atoms with E-state index >= 15 is 0 Å². The van der Waals surface area contributed by atoms with Gasteiger partial charge in [0.05, 0.1) is 6.54 Å². The Bertz CT molecular complexity index is 756. The minimum atomic E-state index is -0.141. The third-order valence-corrected chi connectivity index (χ3v) is 3.74. The van der Waals surface area contributed by atoms with Gasteiger partial charge in [-0.2, -0.15) is 0 Å². The van der Waals surface area contributed by atoms with Crippen molar-refractivity contribution in [1.82, 2.24) is 0 Å². The van der Waals surface area contributed by atoms with Crippen molar-refractivity contribution in [2.45, 2.75) is 33.6 Å². The molecule has 0 aliphatic rings. The largest absolute Gasteiger partial charge is 0.376 e. The Balaban J connectivity index is 1.92. The molecule has 0 fully saturated rings. The van der Waals surface area contributed by atoms with Crippen molar-refractivity contribution in [3.05, 3.63) is 53.6 Å². The van der Waals surface area contributed by atoms with Crippen LogP contribution in [-0.2, 0) is 9.59 Å². The Hall–Kier alpha value is -2.82. The van der Waals surface area contributed by atoms with E-state index in [9.17, 15) is 9.59 Å². The first-order chi connectivity index (χ1) is 12.0. The number of carbonyl (C=O) groups is 2. The van der Waals surface area contributed by atoms with Crippen LogP contribution in [0.15, 0.2) is 42.5 Å². The van der Waals surface area contributed by atoms with E-state index in [0.717, 1.165) is 23.2 Å². The molecule has 3 N–H and O–H groups in total. The predicted octanol–water partition coefficient (Wildman–Crippen LogP) is 4.09. The molecular weight excluding hydrogens is 314 g/mol. The highest BCUT2D eigenvalue weighted by Crippen LogP contribution is 2.17. The molecule has 2 amide bonds. The summed E-state index contributed by atoms with van der Waals surface area (Å²) in [7, 11) is 0. The zero-order valence-corrected chi connectivity index (χ0v) is 15.0.